The average Bonchev–Trinajstić information content (AvgIpc) is 3.72. The lowest BCUT2D eigenvalue weighted by Gasteiger charge is -2.27. The van der Waals surface area contributed by atoms with Crippen LogP contribution in [0.2, 0.25) is 10.0 Å². The number of hydrogen-bond acceptors (Lipinski definition) is 14. The van der Waals surface area contributed by atoms with Crippen LogP contribution in [0.5, 0.6) is 0 Å². The van der Waals surface area contributed by atoms with Crippen LogP contribution in [0.3, 0.4) is 0 Å². The number of aromatic amines is 1. The third kappa shape index (κ3) is 5.66. The first-order valence-corrected chi connectivity index (χ1v) is 16.9. The number of halogens is 3. The van der Waals surface area contributed by atoms with Crippen molar-refractivity contribution in [3.63, 3.8) is 0 Å². The third-order valence-corrected chi connectivity index (χ3v) is 10.2. The minimum atomic E-state index is -5.14. The third-order valence-electron chi connectivity index (χ3n) is 7.51. The number of hydrogen-bond donors (Lipinski definition) is 5. The zero-order chi connectivity index (χ0) is 32.7. The van der Waals surface area contributed by atoms with Crippen LogP contribution < -0.4 is 11.3 Å². The summed E-state index contributed by atoms with van der Waals surface area (Å²) in [5.41, 5.74) is 5.22. The van der Waals surface area contributed by atoms with Crippen LogP contribution in [0.1, 0.15) is 12.5 Å². The van der Waals surface area contributed by atoms with E-state index in [1.54, 1.807) is 0 Å². The first-order valence-electron chi connectivity index (χ1n) is 13.2. The van der Waals surface area contributed by atoms with E-state index in [2.05, 4.69) is 19.9 Å². The smallest absolute Gasteiger partial charge is 0.386 e. The average molecular weight is 728 g/mol. The van der Waals surface area contributed by atoms with E-state index in [0.29, 0.717) is 11.0 Å². The molecule has 4 aromatic rings. The highest BCUT2D eigenvalue weighted by Crippen LogP contribution is 2.54. The number of phosphoric acid groups is 2. The van der Waals surface area contributed by atoms with E-state index in [9.17, 15) is 28.8 Å². The fourth-order valence-electron chi connectivity index (χ4n) is 5.45. The van der Waals surface area contributed by atoms with Crippen molar-refractivity contribution >= 4 is 67.0 Å². The standard InChI is InChI=1S/C22H22Cl2FN7O12P2/c23-7-1-9-10(2-8(7)24)31(5-27-9)21-15(33)17-12(42-21)4-40-45(35,36)43-16-11(3-39-46(37,38)44-17)41-20(13(16)25)32-6-28-14-18(32)29-22(26)30-19(14)34/h1-2,5-6,11-13,15-17,20-21,33H,3-4H2,(H,35,36)(H,37,38)(H3,26,29,30,34). The van der Waals surface area contributed by atoms with Crippen molar-refractivity contribution in [2.45, 2.75) is 49.1 Å². The van der Waals surface area contributed by atoms with E-state index in [-0.39, 0.29) is 27.2 Å². The van der Waals surface area contributed by atoms with E-state index in [4.69, 9.17) is 56.5 Å². The second kappa shape index (κ2) is 11.6. The number of aromatic nitrogens is 6. The van der Waals surface area contributed by atoms with Crippen molar-refractivity contribution < 1.29 is 56.0 Å². The van der Waals surface area contributed by atoms with E-state index < -0.39 is 83.6 Å². The molecule has 0 aliphatic carbocycles. The highest BCUT2D eigenvalue weighted by Gasteiger charge is 2.54. The first kappa shape index (κ1) is 32.0. The number of fused-ring (bicyclic) bond motifs is 4. The summed E-state index contributed by atoms with van der Waals surface area (Å²) < 4.78 is 76.5. The van der Waals surface area contributed by atoms with Crippen LogP contribution in [0, 0.1) is 0 Å². The van der Waals surface area contributed by atoms with Gasteiger partial charge in [-0.15, -0.1) is 0 Å². The summed E-state index contributed by atoms with van der Waals surface area (Å²) >= 11 is 12.2. The fourth-order valence-corrected chi connectivity index (χ4v) is 7.69. The molecular formula is C22H22Cl2FN7O12P2. The molecule has 248 valence electrons. The topological polar surface area (TPSA) is 258 Å². The predicted octanol–water partition coefficient (Wildman–Crippen LogP) is 1.57. The Labute approximate surface area is 265 Å². The molecule has 3 aliphatic rings. The maximum absolute atomic E-state index is 15.9. The van der Waals surface area contributed by atoms with Crippen molar-refractivity contribution in [3.8, 4) is 0 Å². The number of anilines is 1. The molecule has 0 bridgehead atoms. The van der Waals surface area contributed by atoms with Gasteiger partial charge in [0, 0.05) is 0 Å². The molecule has 0 saturated carbocycles. The van der Waals surface area contributed by atoms with Crippen LogP contribution >= 0.6 is 38.8 Å². The van der Waals surface area contributed by atoms with Gasteiger partial charge in [0.1, 0.15) is 30.5 Å². The zero-order valence-corrected chi connectivity index (χ0v) is 26.0. The first-order chi connectivity index (χ1) is 21.7. The summed E-state index contributed by atoms with van der Waals surface area (Å²) in [6.07, 6.45) is -11.3. The lowest BCUT2D eigenvalue weighted by Crippen LogP contribution is -2.38. The Kier molecular flexibility index (Phi) is 8.04. The quantitative estimate of drug-likeness (QED) is 0.184. The largest absolute Gasteiger partial charge is 0.472 e. The molecule has 0 spiro atoms. The van der Waals surface area contributed by atoms with Crippen LogP contribution in [0.25, 0.3) is 22.2 Å². The number of nitrogen functional groups attached to an aromatic ring is 1. The van der Waals surface area contributed by atoms with Gasteiger partial charge in [-0.25, -0.2) is 23.5 Å². The number of H-pyrrole nitrogens is 1. The second-order valence-electron chi connectivity index (χ2n) is 10.4. The highest BCUT2D eigenvalue weighted by molar-refractivity contribution is 7.47. The van der Waals surface area contributed by atoms with Gasteiger partial charge >= 0.3 is 15.6 Å². The van der Waals surface area contributed by atoms with E-state index in [1.807, 2.05) is 0 Å². The number of nitrogens with zero attached hydrogens (tertiary/aromatic N) is 5. The van der Waals surface area contributed by atoms with E-state index in [1.165, 1.54) is 23.0 Å². The number of phosphoric ester groups is 2. The minimum absolute atomic E-state index is 0.164. The van der Waals surface area contributed by atoms with Crippen molar-refractivity contribution in [3.05, 3.63) is 45.2 Å². The Balaban J connectivity index is 1.17. The number of ether oxygens (including phenoxy) is 2. The molecule has 0 radical (unpaired) electrons. The summed E-state index contributed by atoms with van der Waals surface area (Å²) in [6, 6.07) is 2.92. The predicted molar refractivity (Wildman–Crippen MR) is 152 cm³/mol. The summed E-state index contributed by atoms with van der Waals surface area (Å²) in [5, 5.41) is 11.6. The van der Waals surface area contributed by atoms with Gasteiger partial charge in [0.05, 0.1) is 46.9 Å². The van der Waals surface area contributed by atoms with Gasteiger partial charge in [-0.1, -0.05) is 23.2 Å². The van der Waals surface area contributed by atoms with Crippen molar-refractivity contribution in [1.82, 2.24) is 29.1 Å². The summed E-state index contributed by atoms with van der Waals surface area (Å²) in [5.74, 6) is -0.308. The maximum atomic E-state index is 15.9. The zero-order valence-electron chi connectivity index (χ0n) is 22.7. The molecule has 3 aliphatic heterocycles. The molecule has 1 aromatic carbocycles. The Morgan fingerprint density at radius 2 is 1.57 bits per heavy atom. The summed E-state index contributed by atoms with van der Waals surface area (Å²) in [4.78, 5) is 47.6. The van der Waals surface area contributed by atoms with Crippen molar-refractivity contribution in [1.29, 1.82) is 0 Å². The molecule has 6 N–H and O–H groups in total. The van der Waals surface area contributed by atoms with Gasteiger partial charge in [-0.3, -0.25) is 32.4 Å². The maximum Gasteiger partial charge on any atom is 0.472 e. The molecule has 3 fully saturated rings. The van der Waals surface area contributed by atoms with Crippen LogP contribution in [-0.4, -0.2) is 93.9 Å². The highest BCUT2D eigenvalue weighted by atomic mass is 35.5. The van der Waals surface area contributed by atoms with Gasteiger partial charge in [0.25, 0.3) is 5.56 Å². The fraction of sp³-hybridized carbons (Fsp3) is 0.455. The number of imidazole rings is 2. The number of aliphatic hydroxyl groups excluding tert-OH is 1. The Morgan fingerprint density at radius 3 is 2.28 bits per heavy atom. The van der Waals surface area contributed by atoms with Crippen LogP contribution in [0.15, 0.2) is 29.6 Å². The van der Waals surface area contributed by atoms with Gasteiger partial charge in [-0.2, -0.15) is 4.98 Å². The lowest BCUT2D eigenvalue weighted by atomic mass is 10.1. The minimum Gasteiger partial charge on any atom is -0.386 e. The molecule has 3 aromatic heterocycles. The number of nitrogens with one attached hydrogen (secondary N) is 1. The molecular weight excluding hydrogens is 706 g/mol. The number of nitrogens with two attached hydrogens (primary N) is 1. The summed E-state index contributed by atoms with van der Waals surface area (Å²) in [6.45, 7) is -1.76. The van der Waals surface area contributed by atoms with Crippen LogP contribution in [0.4, 0.5) is 10.3 Å². The van der Waals surface area contributed by atoms with Gasteiger partial charge < -0.3 is 34.7 Å². The lowest BCUT2D eigenvalue weighted by molar-refractivity contribution is -0.0662. The number of rotatable bonds is 2. The Hall–Kier alpha value is -2.55. The van der Waals surface area contributed by atoms with E-state index in [0.717, 1.165) is 10.9 Å². The molecule has 46 heavy (non-hydrogen) atoms. The monoisotopic (exact) mass is 727 g/mol. The van der Waals surface area contributed by atoms with Crippen molar-refractivity contribution in [2.24, 2.45) is 0 Å². The van der Waals surface area contributed by atoms with Crippen LogP contribution in [-0.2, 0) is 36.7 Å². The number of benzene rings is 1. The molecule has 3 saturated heterocycles. The summed E-state index contributed by atoms with van der Waals surface area (Å²) in [7, 11) is -10.2. The molecule has 0 amide bonds. The normalized spacial score (nSPS) is 37.2. The molecule has 7 rings (SSSR count). The Morgan fingerprint density at radius 1 is 0.957 bits per heavy atom. The molecule has 19 nitrogen and oxygen atoms in total. The molecule has 10 atom stereocenters. The van der Waals surface area contributed by atoms with Gasteiger partial charge in [-0.05, 0) is 12.1 Å². The second-order valence-corrected chi connectivity index (χ2v) is 14.0. The molecule has 10 unspecified atom stereocenters. The number of alkyl halides is 1. The van der Waals surface area contributed by atoms with Crippen molar-refractivity contribution in [2.75, 3.05) is 18.9 Å². The Bertz CT molecular complexity index is 2000. The molecule has 6 heterocycles. The SMILES string of the molecule is Nc1nc2c(ncn2C2OC3COP(=O)(O)OC4C(COP(=O)(O)OC3C2F)OC(n2cnc3cc(Cl)c(Cl)cc32)C4O)c(=O)[nH]1. The van der Waals surface area contributed by atoms with Gasteiger partial charge in [0.15, 0.2) is 29.8 Å². The molecule has 24 heteroatoms. The number of aliphatic hydroxyl groups is 1. The van der Waals surface area contributed by atoms with Gasteiger partial charge in [0.2, 0.25) is 5.95 Å². The van der Waals surface area contributed by atoms with E-state index >= 15 is 4.39 Å².